The van der Waals surface area contributed by atoms with E-state index in [9.17, 15) is 10.2 Å². The Bertz CT molecular complexity index is 481. The van der Waals surface area contributed by atoms with Crippen molar-refractivity contribution in [3.05, 3.63) is 16.7 Å². The van der Waals surface area contributed by atoms with E-state index >= 15 is 0 Å². The molecule has 0 bridgehead atoms. The number of phenolic OH excluding ortho intramolecular Hbond substituents is 2. The Morgan fingerprint density at radius 1 is 0.652 bits per heavy atom. The number of unbranched alkanes of at least 4 members (excludes halogenated alkanes) is 5. The van der Waals surface area contributed by atoms with E-state index in [-0.39, 0.29) is 11.5 Å². The fraction of sp³-hybridized carbons (Fsp3) is 0.700. The maximum Gasteiger partial charge on any atom is 0.201 e. The summed E-state index contributed by atoms with van der Waals surface area (Å²) < 4.78 is 5.88. The molecule has 23 heavy (non-hydrogen) atoms. The van der Waals surface area contributed by atoms with Gasteiger partial charge in [0.15, 0.2) is 11.5 Å². The van der Waals surface area contributed by atoms with E-state index in [2.05, 4.69) is 20.8 Å². The Balaban J connectivity index is 2.79. The van der Waals surface area contributed by atoms with Crippen molar-refractivity contribution in [3.8, 4) is 17.2 Å². The largest absolute Gasteiger partial charge is 0.504 e. The SMILES string of the molecule is CCCCCCCCOc1c(O)c(O)c(CC)c(CC)c1CC. The van der Waals surface area contributed by atoms with Gasteiger partial charge >= 0.3 is 0 Å². The topological polar surface area (TPSA) is 49.7 Å². The van der Waals surface area contributed by atoms with Crippen LogP contribution in [-0.2, 0) is 19.3 Å². The van der Waals surface area contributed by atoms with Crippen molar-refractivity contribution in [2.75, 3.05) is 6.61 Å². The molecule has 0 aliphatic rings. The first-order valence-electron chi connectivity index (χ1n) is 9.33. The van der Waals surface area contributed by atoms with Crippen molar-refractivity contribution >= 4 is 0 Å². The molecule has 3 nitrogen and oxygen atoms in total. The van der Waals surface area contributed by atoms with Gasteiger partial charge in [-0.2, -0.15) is 0 Å². The van der Waals surface area contributed by atoms with Gasteiger partial charge in [-0.3, -0.25) is 0 Å². The first-order chi connectivity index (χ1) is 11.1. The highest BCUT2D eigenvalue weighted by Crippen LogP contribution is 2.44. The molecule has 0 spiro atoms. The van der Waals surface area contributed by atoms with Crippen LogP contribution in [0.5, 0.6) is 17.2 Å². The maximum atomic E-state index is 10.3. The number of benzene rings is 1. The van der Waals surface area contributed by atoms with Crippen LogP contribution in [-0.4, -0.2) is 16.8 Å². The van der Waals surface area contributed by atoms with Gasteiger partial charge in [0.25, 0.3) is 0 Å². The number of phenols is 2. The lowest BCUT2D eigenvalue weighted by Gasteiger charge is -2.20. The lowest BCUT2D eigenvalue weighted by molar-refractivity contribution is 0.279. The molecule has 0 aliphatic carbocycles. The second kappa shape index (κ2) is 10.4. The number of hydrogen-bond acceptors (Lipinski definition) is 3. The fourth-order valence-electron chi connectivity index (χ4n) is 3.25. The first-order valence-corrected chi connectivity index (χ1v) is 9.33. The predicted molar refractivity (Wildman–Crippen MR) is 96.8 cm³/mol. The Hall–Kier alpha value is -1.38. The van der Waals surface area contributed by atoms with Crippen molar-refractivity contribution in [1.29, 1.82) is 0 Å². The minimum absolute atomic E-state index is 0.000467. The highest BCUT2D eigenvalue weighted by atomic mass is 16.5. The molecule has 1 aromatic carbocycles. The van der Waals surface area contributed by atoms with Gasteiger partial charge in [-0.15, -0.1) is 0 Å². The molecule has 0 amide bonds. The summed E-state index contributed by atoms with van der Waals surface area (Å²) in [5.74, 6) is 0.411. The number of aromatic hydroxyl groups is 2. The summed E-state index contributed by atoms with van der Waals surface area (Å²) in [7, 11) is 0. The lowest BCUT2D eigenvalue weighted by Crippen LogP contribution is -2.06. The summed E-state index contributed by atoms with van der Waals surface area (Å²) in [5.41, 5.74) is 3.03. The van der Waals surface area contributed by atoms with E-state index < -0.39 is 0 Å². The minimum atomic E-state index is -0.0816. The molecule has 0 unspecified atom stereocenters. The maximum absolute atomic E-state index is 10.3. The molecular formula is C20H34O3. The third-order valence-corrected chi connectivity index (χ3v) is 4.53. The summed E-state index contributed by atoms with van der Waals surface area (Å²) in [6.45, 7) is 8.98. The molecule has 132 valence electrons. The smallest absolute Gasteiger partial charge is 0.201 e. The van der Waals surface area contributed by atoms with Crippen LogP contribution >= 0.6 is 0 Å². The summed E-state index contributed by atoms with van der Waals surface area (Å²) in [6, 6.07) is 0. The van der Waals surface area contributed by atoms with Crippen LogP contribution in [0.25, 0.3) is 0 Å². The second-order valence-corrected chi connectivity index (χ2v) is 6.14. The normalized spacial score (nSPS) is 11.0. The van der Waals surface area contributed by atoms with E-state index in [0.717, 1.165) is 42.4 Å². The van der Waals surface area contributed by atoms with E-state index in [0.29, 0.717) is 18.8 Å². The minimum Gasteiger partial charge on any atom is -0.504 e. The molecule has 3 heteroatoms. The molecule has 0 heterocycles. The van der Waals surface area contributed by atoms with E-state index in [1.807, 2.05) is 6.92 Å². The first kappa shape index (κ1) is 19.7. The predicted octanol–water partition coefficient (Wildman–Crippen LogP) is 5.52. The van der Waals surface area contributed by atoms with E-state index in [1.165, 1.54) is 25.7 Å². The van der Waals surface area contributed by atoms with Gasteiger partial charge in [0.05, 0.1) is 6.61 Å². The highest BCUT2D eigenvalue weighted by molar-refractivity contribution is 5.62. The Morgan fingerprint density at radius 3 is 1.78 bits per heavy atom. The fourth-order valence-corrected chi connectivity index (χ4v) is 3.25. The van der Waals surface area contributed by atoms with Gasteiger partial charge in [-0.25, -0.2) is 0 Å². The van der Waals surface area contributed by atoms with Crippen molar-refractivity contribution in [3.63, 3.8) is 0 Å². The number of rotatable bonds is 11. The van der Waals surface area contributed by atoms with Crippen LogP contribution in [0.2, 0.25) is 0 Å². The van der Waals surface area contributed by atoms with Crippen LogP contribution in [0.4, 0.5) is 0 Å². The summed E-state index contributed by atoms with van der Waals surface area (Å²) >= 11 is 0. The van der Waals surface area contributed by atoms with Crippen LogP contribution in [0, 0.1) is 0 Å². The zero-order valence-electron chi connectivity index (χ0n) is 15.4. The Labute approximate surface area is 141 Å². The quantitative estimate of drug-likeness (QED) is 0.416. The second-order valence-electron chi connectivity index (χ2n) is 6.14. The molecule has 1 rings (SSSR count). The average Bonchev–Trinajstić information content (AvgIpc) is 2.57. The molecule has 0 aliphatic heterocycles. The number of hydrogen-bond donors (Lipinski definition) is 2. The molecule has 0 aromatic heterocycles. The molecule has 0 atom stereocenters. The van der Waals surface area contributed by atoms with Crippen LogP contribution in [0.1, 0.15) is 82.9 Å². The average molecular weight is 322 g/mol. The van der Waals surface area contributed by atoms with Crippen LogP contribution in [0.3, 0.4) is 0 Å². The van der Waals surface area contributed by atoms with Crippen LogP contribution < -0.4 is 4.74 Å². The Morgan fingerprint density at radius 2 is 1.22 bits per heavy atom. The summed E-state index contributed by atoms with van der Waals surface area (Å²) in [4.78, 5) is 0. The van der Waals surface area contributed by atoms with Gasteiger partial charge in [-0.1, -0.05) is 59.8 Å². The third-order valence-electron chi connectivity index (χ3n) is 4.53. The van der Waals surface area contributed by atoms with Crippen molar-refractivity contribution in [1.82, 2.24) is 0 Å². The number of ether oxygens (including phenoxy) is 1. The van der Waals surface area contributed by atoms with Crippen molar-refractivity contribution in [2.24, 2.45) is 0 Å². The van der Waals surface area contributed by atoms with Gasteiger partial charge in [0.2, 0.25) is 5.75 Å². The lowest BCUT2D eigenvalue weighted by atomic mass is 9.93. The summed E-state index contributed by atoms with van der Waals surface area (Å²) in [5, 5.41) is 20.6. The molecule has 1 aromatic rings. The van der Waals surface area contributed by atoms with Gasteiger partial charge < -0.3 is 14.9 Å². The molecule has 0 radical (unpaired) electrons. The summed E-state index contributed by atoms with van der Waals surface area (Å²) in [6.07, 6.45) is 9.58. The monoisotopic (exact) mass is 322 g/mol. The Kier molecular flexibility index (Phi) is 8.90. The molecule has 2 N–H and O–H groups in total. The molecule has 0 fully saturated rings. The van der Waals surface area contributed by atoms with Crippen molar-refractivity contribution in [2.45, 2.75) is 85.5 Å². The standard InChI is InChI=1S/C20H34O3/c1-5-9-10-11-12-13-14-23-20-17(8-4)15(6-2)16(7-3)18(21)19(20)22/h21-22H,5-14H2,1-4H3. The zero-order chi connectivity index (χ0) is 17.2. The van der Waals surface area contributed by atoms with Gasteiger partial charge in [0.1, 0.15) is 0 Å². The highest BCUT2D eigenvalue weighted by Gasteiger charge is 2.21. The van der Waals surface area contributed by atoms with Crippen LogP contribution in [0.15, 0.2) is 0 Å². The van der Waals surface area contributed by atoms with Gasteiger partial charge in [0, 0.05) is 11.1 Å². The molecule has 0 saturated heterocycles. The van der Waals surface area contributed by atoms with Gasteiger partial charge in [-0.05, 0) is 31.2 Å². The third kappa shape index (κ3) is 5.05. The van der Waals surface area contributed by atoms with E-state index in [4.69, 9.17) is 4.74 Å². The molecule has 0 saturated carbocycles. The van der Waals surface area contributed by atoms with Crippen molar-refractivity contribution < 1.29 is 14.9 Å². The van der Waals surface area contributed by atoms with E-state index in [1.54, 1.807) is 0 Å². The zero-order valence-corrected chi connectivity index (χ0v) is 15.4. The molecular weight excluding hydrogens is 288 g/mol.